The molecule has 1 saturated heterocycles. The standard InChI is InChI=1S/C12H15FN2O/c13-10-3-1-2-9(6-10)7-12(16)15-11-4-5-14-8-11/h1-3,6,11,14H,4-5,7-8H2,(H,15,16)/t11-/m1/s1. The van der Waals surface area contributed by atoms with Crippen molar-refractivity contribution in [3.8, 4) is 0 Å². The van der Waals surface area contributed by atoms with Crippen molar-refractivity contribution in [3.63, 3.8) is 0 Å². The van der Waals surface area contributed by atoms with Crippen molar-refractivity contribution in [1.82, 2.24) is 10.6 Å². The third-order valence-electron chi connectivity index (χ3n) is 2.68. The second-order valence-corrected chi connectivity index (χ2v) is 4.06. The molecule has 4 heteroatoms. The molecule has 1 atom stereocenters. The van der Waals surface area contributed by atoms with E-state index in [1.807, 2.05) is 0 Å². The van der Waals surface area contributed by atoms with E-state index in [2.05, 4.69) is 10.6 Å². The van der Waals surface area contributed by atoms with Crippen LogP contribution in [0.1, 0.15) is 12.0 Å². The lowest BCUT2D eigenvalue weighted by Gasteiger charge is -2.11. The van der Waals surface area contributed by atoms with Gasteiger partial charge in [-0.05, 0) is 30.7 Å². The second kappa shape index (κ2) is 5.07. The molecule has 1 aromatic carbocycles. The van der Waals surface area contributed by atoms with Crippen LogP contribution in [-0.2, 0) is 11.2 Å². The summed E-state index contributed by atoms with van der Waals surface area (Å²) >= 11 is 0. The van der Waals surface area contributed by atoms with Crippen LogP contribution in [0.3, 0.4) is 0 Å². The molecular weight excluding hydrogens is 207 g/mol. The van der Waals surface area contributed by atoms with Crippen LogP contribution in [0.25, 0.3) is 0 Å². The number of rotatable bonds is 3. The SMILES string of the molecule is O=C(Cc1cccc(F)c1)N[C@@H]1CCNC1. The van der Waals surface area contributed by atoms with Crippen molar-refractivity contribution in [1.29, 1.82) is 0 Å². The van der Waals surface area contributed by atoms with Gasteiger partial charge in [-0.1, -0.05) is 12.1 Å². The zero-order valence-electron chi connectivity index (χ0n) is 9.00. The Hall–Kier alpha value is -1.42. The summed E-state index contributed by atoms with van der Waals surface area (Å²) in [5.74, 6) is -0.341. The molecular formula is C12H15FN2O. The Morgan fingerprint density at radius 1 is 1.56 bits per heavy atom. The van der Waals surface area contributed by atoms with Crippen LogP contribution >= 0.6 is 0 Å². The van der Waals surface area contributed by atoms with Crippen LogP contribution < -0.4 is 10.6 Å². The van der Waals surface area contributed by atoms with Crippen molar-refractivity contribution >= 4 is 5.91 Å². The zero-order valence-corrected chi connectivity index (χ0v) is 9.00. The van der Waals surface area contributed by atoms with Crippen molar-refractivity contribution < 1.29 is 9.18 Å². The van der Waals surface area contributed by atoms with Crippen LogP contribution in [-0.4, -0.2) is 25.0 Å². The molecule has 0 saturated carbocycles. The van der Waals surface area contributed by atoms with Gasteiger partial charge in [0, 0.05) is 12.6 Å². The van der Waals surface area contributed by atoms with Gasteiger partial charge in [-0.15, -0.1) is 0 Å². The Bertz CT molecular complexity index is 375. The number of hydrogen-bond acceptors (Lipinski definition) is 2. The maximum Gasteiger partial charge on any atom is 0.224 e. The molecule has 1 aliphatic heterocycles. The average molecular weight is 222 g/mol. The van der Waals surface area contributed by atoms with Crippen LogP contribution in [0.5, 0.6) is 0 Å². The summed E-state index contributed by atoms with van der Waals surface area (Å²) < 4.78 is 12.9. The minimum absolute atomic E-state index is 0.0423. The van der Waals surface area contributed by atoms with E-state index in [1.54, 1.807) is 12.1 Å². The third kappa shape index (κ3) is 3.03. The summed E-state index contributed by atoms with van der Waals surface area (Å²) in [6.07, 6.45) is 1.21. The molecule has 2 rings (SSSR count). The Morgan fingerprint density at radius 2 is 2.44 bits per heavy atom. The summed E-state index contributed by atoms with van der Waals surface area (Å²) in [5, 5.41) is 6.10. The molecule has 0 radical (unpaired) electrons. The van der Waals surface area contributed by atoms with Gasteiger partial charge in [-0.3, -0.25) is 4.79 Å². The molecule has 86 valence electrons. The molecule has 1 amide bonds. The fourth-order valence-corrected chi connectivity index (χ4v) is 1.89. The number of carbonyl (C=O) groups is 1. The molecule has 0 spiro atoms. The van der Waals surface area contributed by atoms with Gasteiger partial charge in [0.25, 0.3) is 0 Å². The molecule has 0 unspecified atom stereocenters. The van der Waals surface area contributed by atoms with Gasteiger partial charge in [0.1, 0.15) is 5.82 Å². The predicted molar refractivity (Wildman–Crippen MR) is 59.5 cm³/mol. The highest BCUT2D eigenvalue weighted by atomic mass is 19.1. The van der Waals surface area contributed by atoms with Crippen LogP contribution in [0.2, 0.25) is 0 Å². The first-order valence-electron chi connectivity index (χ1n) is 5.48. The highest BCUT2D eigenvalue weighted by Crippen LogP contribution is 2.05. The van der Waals surface area contributed by atoms with Gasteiger partial charge in [-0.25, -0.2) is 4.39 Å². The van der Waals surface area contributed by atoms with E-state index in [1.165, 1.54) is 12.1 Å². The molecule has 1 aromatic rings. The van der Waals surface area contributed by atoms with Gasteiger partial charge in [0.2, 0.25) is 5.91 Å². The van der Waals surface area contributed by atoms with Crippen LogP contribution in [0.4, 0.5) is 4.39 Å². The molecule has 1 fully saturated rings. The number of amides is 1. The van der Waals surface area contributed by atoms with Gasteiger partial charge in [0.05, 0.1) is 6.42 Å². The first kappa shape index (κ1) is 11.1. The van der Waals surface area contributed by atoms with Gasteiger partial charge >= 0.3 is 0 Å². The maximum absolute atomic E-state index is 12.9. The van der Waals surface area contributed by atoms with E-state index in [-0.39, 0.29) is 24.2 Å². The molecule has 0 aliphatic carbocycles. The Morgan fingerprint density at radius 3 is 3.12 bits per heavy atom. The molecule has 2 N–H and O–H groups in total. The molecule has 3 nitrogen and oxygen atoms in total. The smallest absolute Gasteiger partial charge is 0.224 e. The minimum atomic E-state index is -0.298. The summed E-state index contributed by atoms with van der Waals surface area (Å²) in [7, 11) is 0. The van der Waals surface area contributed by atoms with Crippen molar-refractivity contribution in [2.24, 2.45) is 0 Å². The van der Waals surface area contributed by atoms with E-state index >= 15 is 0 Å². The lowest BCUT2D eigenvalue weighted by atomic mass is 10.1. The zero-order chi connectivity index (χ0) is 11.4. The monoisotopic (exact) mass is 222 g/mol. The van der Waals surface area contributed by atoms with Gasteiger partial charge < -0.3 is 10.6 Å². The Balaban J connectivity index is 1.86. The first-order chi connectivity index (χ1) is 7.74. The Kier molecular flexibility index (Phi) is 3.51. The number of hydrogen-bond donors (Lipinski definition) is 2. The number of benzene rings is 1. The van der Waals surface area contributed by atoms with Gasteiger partial charge in [0.15, 0.2) is 0 Å². The lowest BCUT2D eigenvalue weighted by Crippen LogP contribution is -2.37. The van der Waals surface area contributed by atoms with Crippen molar-refractivity contribution in [3.05, 3.63) is 35.6 Å². The summed E-state index contributed by atoms with van der Waals surface area (Å²) in [5.41, 5.74) is 0.712. The topological polar surface area (TPSA) is 41.1 Å². The van der Waals surface area contributed by atoms with E-state index < -0.39 is 0 Å². The first-order valence-corrected chi connectivity index (χ1v) is 5.48. The van der Waals surface area contributed by atoms with Crippen molar-refractivity contribution in [2.45, 2.75) is 18.9 Å². The van der Waals surface area contributed by atoms with Gasteiger partial charge in [-0.2, -0.15) is 0 Å². The average Bonchev–Trinajstić information content (AvgIpc) is 2.70. The predicted octanol–water partition coefficient (Wildman–Crippen LogP) is 0.846. The van der Waals surface area contributed by atoms with Crippen LogP contribution in [0.15, 0.2) is 24.3 Å². The van der Waals surface area contributed by atoms with E-state index in [9.17, 15) is 9.18 Å². The van der Waals surface area contributed by atoms with E-state index in [0.717, 1.165) is 19.5 Å². The highest BCUT2D eigenvalue weighted by molar-refractivity contribution is 5.78. The maximum atomic E-state index is 12.9. The minimum Gasteiger partial charge on any atom is -0.352 e. The summed E-state index contributed by atoms with van der Waals surface area (Å²) in [4.78, 5) is 11.6. The fourth-order valence-electron chi connectivity index (χ4n) is 1.89. The van der Waals surface area contributed by atoms with Crippen LogP contribution in [0, 0.1) is 5.82 Å². The largest absolute Gasteiger partial charge is 0.352 e. The Labute approximate surface area is 94.0 Å². The summed E-state index contributed by atoms with van der Waals surface area (Å²) in [6.45, 7) is 1.78. The molecule has 0 bridgehead atoms. The molecule has 1 heterocycles. The van der Waals surface area contributed by atoms with E-state index in [4.69, 9.17) is 0 Å². The second-order valence-electron chi connectivity index (χ2n) is 4.06. The lowest BCUT2D eigenvalue weighted by molar-refractivity contribution is -0.121. The number of carbonyl (C=O) groups excluding carboxylic acids is 1. The number of nitrogens with one attached hydrogen (secondary N) is 2. The normalized spacial score (nSPS) is 19.7. The molecule has 16 heavy (non-hydrogen) atoms. The molecule has 0 aromatic heterocycles. The molecule has 1 aliphatic rings. The highest BCUT2D eigenvalue weighted by Gasteiger charge is 2.16. The summed E-state index contributed by atoms with van der Waals surface area (Å²) in [6, 6.07) is 6.38. The number of halogens is 1. The van der Waals surface area contributed by atoms with Crippen molar-refractivity contribution in [2.75, 3.05) is 13.1 Å². The van der Waals surface area contributed by atoms with E-state index in [0.29, 0.717) is 5.56 Å². The fraction of sp³-hybridized carbons (Fsp3) is 0.417. The quantitative estimate of drug-likeness (QED) is 0.796. The third-order valence-corrected chi connectivity index (χ3v) is 2.68.